The van der Waals surface area contributed by atoms with Gasteiger partial charge in [-0.1, -0.05) is 48.9 Å². The molecule has 24 heavy (non-hydrogen) atoms. The Labute approximate surface area is 214 Å². The van der Waals surface area contributed by atoms with E-state index in [2.05, 4.69) is 110 Å². The van der Waals surface area contributed by atoms with Crippen LogP contribution in [0.4, 0.5) is 0 Å². The van der Waals surface area contributed by atoms with Crippen LogP contribution >= 0.6 is 99.4 Å². The zero-order valence-corrected chi connectivity index (χ0v) is 26.9. The molecule has 0 aromatic carbocycles. The van der Waals surface area contributed by atoms with Crippen LogP contribution in [-0.2, 0) is 39.0 Å². The van der Waals surface area contributed by atoms with Crippen LogP contribution in [0.3, 0.4) is 0 Å². The molecule has 0 aromatic heterocycles. The van der Waals surface area contributed by atoms with Crippen LogP contribution in [0, 0.1) is 0 Å². The molecule has 0 heterocycles. The van der Waals surface area contributed by atoms with Gasteiger partial charge in [0.15, 0.2) is 0 Å². The van der Waals surface area contributed by atoms with Crippen molar-refractivity contribution in [2.45, 2.75) is 0 Å². The largest absolute Gasteiger partial charge is 0.369 e. The standard InChI is InChI=1S/C4H8N2S4.2C3H7NS2.2Zn/c7-3(8)5-1-2-6-4(9)10;2*1-4(2)3(5)6;;/h1-2H2,(H2,5,7,8)(H2,6,9,10);2*1-2H3,(H,5,6);;. The smallest absolute Gasteiger partial charge is 0.132 e. The summed E-state index contributed by atoms with van der Waals surface area (Å²) in [6.45, 7) is 1.42. The minimum atomic E-state index is 0. The Morgan fingerprint density at radius 3 is 0.917 bits per heavy atom. The maximum Gasteiger partial charge on any atom is 0.132 e. The van der Waals surface area contributed by atoms with E-state index in [0.29, 0.717) is 30.4 Å². The minimum Gasteiger partial charge on any atom is -0.369 e. The van der Waals surface area contributed by atoms with Crippen molar-refractivity contribution in [3.63, 3.8) is 0 Å². The number of thiocarbonyl (C=S) groups is 4. The molecule has 0 fully saturated rings. The van der Waals surface area contributed by atoms with Crippen molar-refractivity contribution in [2.75, 3.05) is 41.3 Å². The second kappa shape index (κ2) is 25.2. The third-order valence-electron chi connectivity index (χ3n) is 1.44. The van der Waals surface area contributed by atoms with Gasteiger partial charge in [-0.2, -0.15) is 0 Å². The molecule has 14 heteroatoms. The first kappa shape index (κ1) is 37.0. The van der Waals surface area contributed by atoms with E-state index >= 15 is 0 Å². The van der Waals surface area contributed by atoms with E-state index in [1.165, 1.54) is 0 Å². The average Bonchev–Trinajstić information content (AvgIpc) is 2.35. The van der Waals surface area contributed by atoms with Gasteiger partial charge in [-0.05, 0) is 0 Å². The average molecular weight is 586 g/mol. The van der Waals surface area contributed by atoms with Crippen molar-refractivity contribution in [3.8, 4) is 0 Å². The molecule has 0 unspecified atom stereocenters. The van der Waals surface area contributed by atoms with Gasteiger partial charge in [-0.3, -0.25) is 0 Å². The van der Waals surface area contributed by atoms with Crippen LogP contribution in [0.2, 0.25) is 0 Å². The molecule has 0 aliphatic heterocycles. The molecule has 0 spiro atoms. The maximum absolute atomic E-state index is 4.65. The zero-order valence-electron chi connectivity index (χ0n) is 14.1. The van der Waals surface area contributed by atoms with Crippen LogP contribution in [0.1, 0.15) is 0 Å². The van der Waals surface area contributed by atoms with E-state index in [0.717, 1.165) is 0 Å². The third kappa shape index (κ3) is 44.0. The van der Waals surface area contributed by atoms with E-state index in [4.69, 9.17) is 0 Å². The van der Waals surface area contributed by atoms with E-state index < -0.39 is 0 Å². The van der Waals surface area contributed by atoms with Crippen molar-refractivity contribution in [1.82, 2.24) is 20.4 Å². The summed E-state index contributed by atoms with van der Waals surface area (Å²) in [5.41, 5.74) is 0. The monoisotopic (exact) mass is 582 g/mol. The van der Waals surface area contributed by atoms with E-state index in [-0.39, 0.29) is 39.0 Å². The molecule has 0 rings (SSSR count). The summed E-state index contributed by atoms with van der Waals surface area (Å²) >= 11 is 33.9. The Morgan fingerprint density at radius 2 is 0.833 bits per heavy atom. The molecule has 134 valence electrons. The van der Waals surface area contributed by atoms with Gasteiger partial charge in [0.25, 0.3) is 0 Å². The Kier molecular flexibility index (Phi) is 38.9. The second-order valence-electron chi connectivity index (χ2n) is 3.82. The fourth-order valence-corrected chi connectivity index (χ4v) is 0.767. The molecule has 0 saturated carbocycles. The Hall–Kier alpha value is 2.21. The van der Waals surface area contributed by atoms with Gasteiger partial charge in [0.2, 0.25) is 0 Å². The van der Waals surface area contributed by atoms with Crippen LogP contribution in [-0.4, -0.2) is 68.4 Å². The molecule has 0 bridgehead atoms. The van der Waals surface area contributed by atoms with Crippen molar-refractivity contribution in [3.05, 3.63) is 0 Å². The Bertz CT molecular complexity index is 335. The summed E-state index contributed by atoms with van der Waals surface area (Å²) in [5, 5.41) is 5.68. The molecular formula is C10H22N4S8Zn2. The molecule has 2 N–H and O–H groups in total. The molecule has 0 saturated heterocycles. The Morgan fingerprint density at radius 1 is 0.667 bits per heavy atom. The maximum atomic E-state index is 4.65. The number of hydrogen-bond donors (Lipinski definition) is 6. The predicted molar refractivity (Wildman–Crippen MR) is 130 cm³/mol. The second-order valence-corrected chi connectivity index (χ2v) is 8.36. The number of nitrogens with zero attached hydrogens (tertiary/aromatic N) is 2. The zero-order chi connectivity index (χ0) is 18.3. The van der Waals surface area contributed by atoms with Gasteiger partial charge in [-0.25, -0.2) is 0 Å². The molecule has 0 aliphatic carbocycles. The quantitative estimate of drug-likeness (QED) is 0.130. The molecule has 0 aliphatic rings. The fourth-order valence-electron chi connectivity index (χ4n) is 0.339. The first-order chi connectivity index (χ1) is 9.91. The summed E-state index contributed by atoms with van der Waals surface area (Å²) in [6.07, 6.45) is 0. The van der Waals surface area contributed by atoms with Gasteiger partial charge in [-0.15, -0.1) is 50.5 Å². The molecular weight excluding hydrogens is 563 g/mol. The summed E-state index contributed by atoms with van der Waals surface area (Å²) < 4.78 is 2.23. The van der Waals surface area contributed by atoms with Gasteiger partial charge < -0.3 is 20.4 Å². The van der Waals surface area contributed by atoms with Crippen LogP contribution in [0.15, 0.2) is 0 Å². The van der Waals surface area contributed by atoms with Crippen LogP contribution in [0.5, 0.6) is 0 Å². The third-order valence-corrected chi connectivity index (χ3v) is 3.58. The predicted octanol–water partition coefficient (Wildman–Crippen LogP) is 2.12. The number of thiol groups is 4. The Balaban J connectivity index is -0.0000000759. The van der Waals surface area contributed by atoms with Crippen LogP contribution < -0.4 is 10.6 Å². The molecule has 0 aromatic rings. The number of nitrogens with one attached hydrogen (secondary N) is 2. The van der Waals surface area contributed by atoms with Crippen molar-refractivity contribution >= 4 is 117 Å². The molecule has 0 amide bonds. The van der Waals surface area contributed by atoms with E-state index in [1.54, 1.807) is 9.80 Å². The van der Waals surface area contributed by atoms with Gasteiger partial charge >= 0.3 is 0 Å². The first-order valence-corrected chi connectivity index (χ1v) is 9.08. The number of hydrogen-bond acceptors (Lipinski definition) is 4. The van der Waals surface area contributed by atoms with Gasteiger partial charge in [0, 0.05) is 80.2 Å². The van der Waals surface area contributed by atoms with Crippen molar-refractivity contribution in [1.29, 1.82) is 0 Å². The topological polar surface area (TPSA) is 30.5 Å². The molecule has 4 nitrogen and oxygen atoms in total. The normalized spacial score (nSPS) is 7.50. The fraction of sp³-hybridized carbons (Fsp3) is 0.600. The first-order valence-electron chi connectivity index (χ1n) is 5.65. The van der Waals surface area contributed by atoms with E-state index in [9.17, 15) is 0 Å². The van der Waals surface area contributed by atoms with E-state index in [1.807, 2.05) is 28.2 Å². The summed E-state index contributed by atoms with van der Waals surface area (Å²) in [4.78, 5) is 3.52. The van der Waals surface area contributed by atoms with Gasteiger partial charge in [0.05, 0.1) is 0 Å². The molecule has 0 radical (unpaired) electrons. The van der Waals surface area contributed by atoms with Crippen LogP contribution in [0.25, 0.3) is 0 Å². The van der Waals surface area contributed by atoms with Crippen molar-refractivity contribution in [2.24, 2.45) is 0 Å². The molecule has 0 atom stereocenters. The number of rotatable bonds is 3. The summed E-state index contributed by atoms with van der Waals surface area (Å²) in [5.74, 6) is 0. The minimum absolute atomic E-state index is 0. The SMILES string of the molecule is CN(C)C(=S)S.CN(C)C(=S)S.S=C(S)NCCNC(=S)S.[Zn].[Zn]. The van der Waals surface area contributed by atoms with Crippen molar-refractivity contribution < 1.29 is 39.0 Å². The summed E-state index contributed by atoms with van der Waals surface area (Å²) in [7, 11) is 7.43. The summed E-state index contributed by atoms with van der Waals surface area (Å²) in [6, 6.07) is 0. The van der Waals surface area contributed by atoms with Gasteiger partial charge in [0.1, 0.15) is 17.3 Å².